The molecule has 4 nitrogen and oxygen atoms in total. The molecule has 100 valence electrons. The third-order valence-corrected chi connectivity index (χ3v) is 3.10. The third kappa shape index (κ3) is 3.60. The molecule has 1 amide bonds. The number of hydrogen-bond acceptors (Lipinski definition) is 2. The molecule has 0 aromatic carbocycles. The summed E-state index contributed by atoms with van der Waals surface area (Å²) in [6, 6.07) is 1.49. The number of pyridine rings is 1. The summed E-state index contributed by atoms with van der Waals surface area (Å²) in [5.41, 5.74) is 0.331. The average Bonchev–Trinajstić information content (AvgIpc) is 2.31. The minimum Gasteiger partial charge on any atom is -0.349 e. The Morgan fingerprint density at radius 2 is 2.17 bits per heavy atom. The lowest BCUT2D eigenvalue weighted by Gasteiger charge is -2.12. The minimum absolute atomic E-state index is 0.0477. The molecule has 0 aliphatic carbocycles. The summed E-state index contributed by atoms with van der Waals surface area (Å²) in [4.78, 5) is 26.3. The van der Waals surface area contributed by atoms with Gasteiger partial charge in [-0.2, -0.15) is 0 Å². The zero-order valence-corrected chi connectivity index (χ0v) is 11.7. The van der Waals surface area contributed by atoms with Gasteiger partial charge in [-0.05, 0) is 25.8 Å². The predicted octanol–water partition coefficient (Wildman–Crippen LogP) is 2.51. The van der Waals surface area contributed by atoms with Crippen molar-refractivity contribution in [2.45, 2.75) is 46.1 Å². The minimum atomic E-state index is -0.391. The van der Waals surface area contributed by atoms with Crippen molar-refractivity contribution in [1.82, 2.24) is 10.3 Å². The number of hydrogen-bond donors (Lipinski definition) is 2. The van der Waals surface area contributed by atoms with Gasteiger partial charge in [-0.1, -0.05) is 31.9 Å². The Kier molecular flexibility index (Phi) is 5.41. The molecule has 0 unspecified atom stereocenters. The molecule has 0 spiro atoms. The summed E-state index contributed by atoms with van der Waals surface area (Å²) in [5, 5.41) is 3.21. The summed E-state index contributed by atoms with van der Waals surface area (Å²) < 4.78 is 0. The zero-order valence-electron chi connectivity index (χ0n) is 11.0. The Morgan fingerprint density at radius 3 is 2.72 bits per heavy atom. The molecule has 0 aliphatic heterocycles. The van der Waals surface area contributed by atoms with E-state index in [0.717, 1.165) is 12.8 Å². The highest BCUT2D eigenvalue weighted by atomic mass is 35.5. The van der Waals surface area contributed by atoms with Crippen molar-refractivity contribution >= 4 is 17.5 Å². The highest BCUT2D eigenvalue weighted by Crippen LogP contribution is 2.13. The highest BCUT2D eigenvalue weighted by molar-refractivity contribution is 6.31. The lowest BCUT2D eigenvalue weighted by Crippen LogP contribution is -2.36. The number of carbonyl (C=O) groups excluding carboxylic acids is 1. The van der Waals surface area contributed by atoms with Gasteiger partial charge in [-0.25, -0.2) is 0 Å². The van der Waals surface area contributed by atoms with Crippen LogP contribution in [0, 0.1) is 0 Å². The molecule has 1 atom stereocenters. The first-order valence-corrected chi connectivity index (χ1v) is 6.59. The van der Waals surface area contributed by atoms with Crippen molar-refractivity contribution in [2.24, 2.45) is 0 Å². The molecule has 5 heteroatoms. The Hall–Kier alpha value is -1.29. The van der Waals surface area contributed by atoms with E-state index < -0.39 is 5.56 Å². The van der Waals surface area contributed by atoms with Crippen LogP contribution < -0.4 is 10.9 Å². The van der Waals surface area contributed by atoms with Gasteiger partial charge in [0.25, 0.3) is 11.5 Å². The van der Waals surface area contributed by atoms with E-state index in [2.05, 4.69) is 10.3 Å². The summed E-state index contributed by atoms with van der Waals surface area (Å²) >= 11 is 5.99. The van der Waals surface area contributed by atoms with Crippen molar-refractivity contribution in [2.75, 3.05) is 0 Å². The zero-order chi connectivity index (χ0) is 13.7. The van der Waals surface area contributed by atoms with Gasteiger partial charge >= 0.3 is 0 Å². The second kappa shape index (κ2) is 6.59. The predicted molar refractivity (Wildman–Crippen MR) is 73.3 cm³/mol. The van der Waals surface area contributed by atoms with Crippen LogP contribution in [0.3, 0.4) is 0 Å². The van der Waals surface area contributed by atoms with Gasteiger partial charge in [0.2, 0.25) is 0 Å². The van der Waals surface area contributed by atoms with E-state index >= 15 is 0 Å². The van der Waals surface area contributed by atoms with Crippen LogP contribution in [0.5, 0.6) is 0 Å². The number of H-pyrrole nitrogens is 1. The van der Waals surface area contributed by atoms with Crippen molar-refractivity contribution in [3.05, 3.63) is 32.7 Å². The molecule has 0 fully saturated rings. The lowest BCUT2D eigenvalue weighted by molar-refractivity contribution is 0.0936. The standard InChI is InChI=1S/C13H19ClN2O2/c1-4-6-8(3)15-12(17)9-7-10(14)11(5-2)16-13(9)18/h7-8H,4-6H2,1-3H3,(H,15,17)(H,16,18)/t8-/m0/s1. The van der Waals surface area contributed by atoms with Crippen LogP contribution in [-0.2, 0) is 6.42 Å². The number of rotatable bonds is 5. The molecule has 0 aliphatic rings. The monoisotopic (exact) mass is 270 g/mol. The van der Waals surface area contributed by atoms with Gasteiger partial charge in [-0.15, -0.1) is 0 Å². The molecule has 1 heterocycles. The van der Waals surface area contributed by atoms with Gasteiger partial charge in [0.1, 0.15) is 5.56 Å². The van der Waals surface area contributed by atoms with E-state index in [4.69, 9.17) is 11.6 Å². The summed E-state index contributed by atoms with van der Waals surface area (Å²) in [6.07, 6.45) is 2.49. The fourth-order valence-corrected chi connectivity index (χ4v) is 2.07. The number of aryl methyl sites for hydroxylation is 1. The Morgan fingerprint density at radius 1 is 1.50 bits per heavy atom. The van der Waals surface area contributed by atoms with Crippen molar-refractivity contribution < 1.29 is 4.79 Å². The quantitative estimate of drug-likeness (QED) is 0.864. The molecule has 1 aromatic rings. The molecule has 0 saturated carbocycles. The van der Waals surface area contributed by atoms with Crippen molar-refractivity contribution in [1.29, 1.82) is 0 Å². The molecule has 0 radical (unpaired) electrons. The Labute approximate surface area is 112 Å². The first-order chi connectivity index (χ1) is 8.49. The van der Waals surface area contributed by atoms with E-state index in [0.29, 0.717) is 17.1 Å². The van der Waals surface area contributed by atoms with Crippen molar-refractivity contribution in [3.63, 3.8) is 0 Å². The fraction of sp³-hybridized carbons (Fsp3) is 0.538. The molecule has 0 bridgehead atoms. The smallest absolute Gasteiger partial charge is 0.261 e. The van der Waals surface area contributed by atoms with Crippen LogP contribution in [-0.4, -0.2) is 16.9 Å². The molecule has 18 heavy (non-hydrogen) atoms. The van der Waals surface area contributed by atoms with Gasteiger partial charge < -0.3 is 10.3 Å². The second-order valence-corrected chi connectivity index (χ2v) is 4.76. The van der Waals surface area contributed by atoms with Gasteiger partial charge in [0, 0.05) is 11.7 Å². The van der Waals surface area contributed by atoms with Crippen LogP contribution in [0.4, 0.5) is 0 Å². The Balaban J connectivity index is 2.93. The van der Waals surface area contributed by atoms with E-state index in [1.165, 1.54) is 6.07 Å². The van der Waals surface area contributed by atoms with E-state index in [1.54, 1.807) is 0 Å². The topological polar surface area (TPSA) is 62.0 Å². The molecule has 1 rings (SSSR count). The lowest BCUT2D eigenvalue weighted by atomic mass is 10.1. The number of nitrogens with one attached hydrogen (secondary N) is 2. The number of carbonyl (C=O) groups is 1. The summed E-state index contributed by atoms with van der Waals surface area (Å²) in [5.74, 6) is -0.373. The van der Waals surface area contributed by atoms with Crippen LogP contribution >= 0.6 is 11.6 Å². The average molecular weight is 271 g/mol. The molecule has 0 saturated heterocycles. The molecule has 2 N–H and O–H groups in total. The van der Waals surface area contributed by atoms with Gasteiger partial charge in [-0.3, -0.25) is 9.59 Å². The summed E-state index contributed by atoms with van der Waals surface area (Å²) in [6.45, 7) is 5.85. The van der Waals surface area contributed by atoms with Gasteiger partial charge in [0.05, 0.1) is 5.02 Å². The third-order valence-electron chi connectivity index (χ3n) is 2.77. The normalized spacial score (nSPS) is 12.2. The molecular weight excluding hydrogens is 252 g/mol. The van der Waals surface area contributed by atoms with Crippen LogP contribution in [0.25, 0.3) is 0 Å². The van der Waals surface area contributed by atoms with E-state index in [9.17, 15) is 9.59 Å². The maximum absolute atomic E-state index is 11.9. The second-order valence-electron chi connectivity index (χ2n) is 4.36. The number of aromatic nitrogens is 1. The summed E-state index contributed by atoms with van der Waals surface area (Å²) in [7, 11) is 0. The van der Waals surface area contributed by atoms with E-state index in [1.807, 2.05) is 20.8 Å². The Bertz CT molecular complexity index is 482. The highest BCUT2D eigenvalue weighted by Gasteiger charge is 2.15. The fourth-order valence-electron chi connectivity index (χ4n) is 1.78. The van der Waals surface area contributed by atoms with Gasteiger partial charge in [0.15, 0.2) is 0 Å². The van der Waals surface area contributed by atoms with Crippen LogP contribution in [0.15, 0.2) is 10.9 Å². The SMILES string of the molecule is CCC[C@H](C)NC(=O)c1cc(Cl)c(CC)[nH]c1=O. The number of amides is 1. The maximum atomic E-state index is 11.9. The molecule has 1 aromatic heterocycles. The first-order valence-electron chi connectivity index (χ1n) is 6.22. The van der Waals surface area contributed by atoms with Crippen LogP contribution in [0.2, 0.25) is 5.02 Å². The maximum Gasteiger partial charge on any atom is 0.261 e. The molecular formula is C13H19ClN2O2. The van der Waals surface area contributed by atoms with Crippen LogP contribution in [0.1, 0.15) is 49.7 Å². The first kappa shape index (κ1) is 14.8. The number of halogens is 1. The van der Waals surface area contributed by atoms with Crippen molar-refractivity contribution in [3.8, 4) is 0 Å². The largest absolute Gasteiger partial charge is 0.349 e. The number of aromatic amines is 1. The van der Waals surface area contributed by atoms with E-state index in [-0.39, 0.29) is 17.5 Å².